The molecular weight excluding hydrogens is 296 g/mol. The first-order valence-electron chi connectivity index (χ1n) is 8.33. The third-order valence-electron chi connectivity index (χ3n) is 4.50. The van der Waals surface area contributed by atoms with E-state index in [1.54, 1.807) is 0 Å². The topological polar surface area (TPSA) is 50.6 Å². The minimum absolute atomic E-state index is 0.0279. The molecule has 0 unspecified atom stereocenters. The van der Waals surface area contributed by atoms with Gasteiger partial charge in [-0.1, -0.05) is 13.8 Å². The van der Waals surface area contributed by atoms with Crippen molar-refractivity contribution in [2.45, 2.75) is 26.3 Å². The fourth-order valence-corrected chi connectivity index (χ4v) is 4.07. The molecule has 22 heavy (non-hydrogen) atoms. The summed E-state index contributed by atoms with van der Waals surface area (Å²) >= 11 is 1.99. The molecule has 0 N–H and O–H groups in total. The van der Waals surface area contributed by atoms with E-state index in [1.807, 2.05) is 16.7 Å². The Balaban J connectivity index is 1.78. The van der Waals surface area contributed by atoms with Crippen LogP contribution in [0.25, 0.3) is 0 Å². The third kappa shape index (κ3) is 4.87. The average molecular weight is 324 g/mol. The highest BCUT2D eigenvalue weighted by atomic mass is 32.2. The molecule has 1 atom stereocenters. The lowest BCUT2D eigenvalue weighted by molar-refractivity contribution is -0.134. The van der Waals surface area contributed by atoms with Gasteiger partial charge in [0.05, 0.1) is 12.6 Å². The average Bonchev–Trinajstić information content (AvgIpc) is 2.77. The first-order chi connectivity index (χ1) is 10.6. The van der Waals surface area contributed by atoms with Crippen LogP contribution < -0.4 is 0 Å². The first-order valence-corrected chi connectivity index (χ1v) is 9.49. The molecule has 1 amide bonds. The Morgan fingerprint density at radius 1 is 1.14 bits per heavy atom. The van der Waals surface area contributed by atoms with E-state index in [0.29, 0.717) is 12.5 Å². The van der Waals surface area contributed by atoms with Crippen molar-refractivity contribution >= 4 is 17.7 Å². The minimum atomic E-state index is -0.0279. The number of nitrogens with zero attached hydrogens (tertiary/aromatic N) is 4. The molecule has 0 bridgehead atoms. The van der Waals surface area contributed by atoms with Gasteiger partial charge in [0.2, 0.25) is 5.91 Å². The number of nitriles is 1. The first kappa shape index (κ1) is 17.6. The molecule has 2 aliphatic rings. The lowest BCUT2D eigenvalue weighted by Crippen LogP contribution is -2.54. The summed E-state index contributed by atoms with van der Waals surface area (Å²) in [5.74, 6) is 2.94. The van der Waals surface area contributed by atoms with Crippen molar-refractivity contribution in [2.24, 2.45) is 5.92 Å². The second-order valence-corrected chi connectivity index (χ2v) is 7.70. The van der Waals surface area contributed by atoms with E-state index in [9.17, 15) is 10.1 Å². The summed E-state index contributed by atoms with van der Waals surface area (Å²) in [6.45, 7) is 9.95. The lowest BCUT2D eigenvalue weighted by Gasteiger charge is -2.38. The number of amides is 1. The Hall–Kier alpha value is -0.770. The van der Waals surface area contributed by atoms with Crippen LogP contribution >= 0.6 is 11.8 Å². The standard InChI is InChI=1S/C16H28N4OS/c1-14(2)15(12-17)19-5-7-20(8-6-19)16(21)13-18-4-3-10-22-11-9-18/h14-15H,3-11,13H2,1-2H3/t15-/m1/s1. The Morgan fingerprint density at radius 2 is 1.86 bits per heavy atom. The largest absolute Gasteiger partial charge is 0.339 e. The van der Waals surface area contributed by atoms with E-state index in [-0.39, 0.29) is 11.9 Å². The predicted molar refractivity (Wildman–Crippen MR) is 90.8 cm³/mol. The Kier molecular flexibility index (Phi) is 7.00. The van der Waals surface area contributed by atoms with Gasteiger partial charge in [0, 0.05) is 38.5 Å². The van der Waals surface area contributed by atoms with Gasteiger partial charge in [-0.25, -0.2) is 0 Å². The van der Waals surface area contributed by atoms with Crippen molar-refractivity contribution in [3.63, 3.8) is 0 Å². The van der Waals surface area contributed by atoms with Crippen molar-refractivity contribution in [3.05, 3.63) is 0 Å². The summed E-state index contributed by atoms with van der Waals surface area (Å²) in [5, 5.41) is 9.29. The highest BCUT2D eigenvalue weighted by molar-refractivity contribution is 7.99. The zero-order valence-corrected chi connectivity index (χ0v) is 14.6. The van der Waals surface area contributed by atoms with E-state index < -0.39 is 0 Å². The van der Waals surface area contributed by atoms with Crippen LogP contribution in [-0.2, 0) is 4.79 Å². The summed E-state index contributed by atoms with van der Waals surface area (Å²) in [6.07, 6.45) is 1.18. The number of carbonyl (C=O) groups is 1. The van der Waals surface area contributed by atoms with Gasteiger partial charge in [-0.05, 0) is 24.6 Å². The van der Waals surface area contributed by atoms with Gasteiger partial charge in [0.15, 0.2) is 0 Å². The molecule has 5 nitrogen and oxygen atoms in total. The molecule has 2 heterocycles. The van der Waals surface area contributed by atoms with Crippen molar-refractivity contribution in [2.75, 3.05) is 57.3 Å². The van der Waals surface area contributed by atoms with E-state index >= 15 is 0 Å². The molecule has 0 saturated carbocycles. The maximum absolute atomic E-state index is 12.5. The van der Waals surface area contributed by atoms with Crippen LogP contribution in [0, 0.1) is 17.2 Å². The Morgan fingerprint density at radius 3 is 2.50 bits per heavy atom. The van der Waals surface area contributed by atoms with E-state index in [1.165, 1.54) is 12.2 Å². The monoisotopic (exact) mass is 324 g/mol. The van der Waals surface area contributed by atoms with Crippen molar-refractivity contribution in [1.29, 1.82) is 5.26 Å². The minimum Gasteiger partial charge on any atom is -0.339 e. The van der Waals surface area contributed by atoms with Crippen LogP contribution in [-0.4, -0.2) is 84.0 Å². The number of thioether (sulfide) groups is 1. The fraction of sp³-hybridized carbons (Fsp3) is 0.875. The molecule has 0 aromatic heterocycles. The second kappa shape index (κ2) is 8.76. The lowest BCUT2D eigenvalue weighted by atomic mass is 10.0. The van der Waals surface area contributed by atoms with Crippen LogP contribution in [0.3, 0.4) is 0 Å². The zero-order chi connectivity index (χ0) is 15.9. The highest BCUT2D eigenvalue weighted by Crippen LogP contribution is 2.14. The quantitative estimate of drug-likeness (QED) is 0.775. The molecule has 124 valence electrons. The van der Waals surface area contributed by atoms with Crippen molar-refractivity contribution < 1.29 is 4.79 Å². The molecule has 2 saturated heterocycles. The molecule has 2 aliphatic heterocycles. The number of hydrogen-bond acceptors (Lipinski definition) is 5. The van der Waals surface area contributed by atoms with Crippen LogP contribution in [0.2, 0.25) is 0 Å². The summed E-state index contributed by atoms with van der Waals surface area (Å²) in [4.78, 5) is 18.9. The molecular formula is C16H28N4OS. The molecule has 0 aliphatic carbocycles. The van der Waals surface area contributed by atoms with Gasteiger partial charge in [-0.15, -0.1) is 0 Å². The van der Waals surface area contributed by atoms with Crippen molar-refractivity contribution in [3.8, 4) is 6.07 Å². The number of carbonyl (C=O) groups excluding carboxylic acids is 1. The molecule has 0 radical (unpaired) electrons. The van der Waals surface area contributed by atoms with Gasteiger partial charge < -0.3 is 4.90 Å². The zero-order valence-electron chi connectivity index (χ0n) is 13.8. The van der Waals surface area contributed by atoms with Gasteiger partial charge >= 0.3 is 0 Å². The maximum Gasteiger partial charge on any atom is 0.236 e. The van der Waals surface area contributed by atoms with Gasteiger partial charge in [0.1, 0.15) is 6.04 Å². The molecule has 2 fully saturated rings. The van der Waals surface area contributed by atoms with E-state index in [4.69, 9.17) is 0 Å². The van der Waals surface area contributed by atoms with Crippen molar-refractivity contribution in [1.82, 2.24) is 14.7 Å². The van der Waals surface area contributed by atoms with Gasteiger partial charge in [-0.2, -0.15) is 17.0 Å². The highest BCUT2D eigenvalue weighted by Gasteiger charge is 2.28. The molecule has 6 heteroatoms. The normalized spacial score (nSPS) is 23.1. The Labute approximate surface area is 138 Å². The number of rotatable bonds is 4. The summed E-state index contributed by atoms with van der Waals surface area (Å²) in [5.41, 5.74) is 0. The van der Waals surface area contributed by atoms with Gasteiger partial charge in [-0.3, -0.25) is 14.6 Å². The number of hydrogen-bond donors (Lipinski definition) is 0. The molecule has 0 spiro atoms. The van der Waals surface area contributed by atoms with Crippen LogP contribution in [0.4, 0.5) is 0 Å². The SMILES string of the molecule is CC(C)[C@@H](C#N)N1CCN(C(=O)CN2CCCSCC2)CC1. The summed E-state index contributed by atoms with van der Waals surface area (Å²) < 4.78 is 0. The number of piperazine rings is 1. The fourth-order valence-electron chi connectivity index (χ4n) is 3.15. The maximum atomic E-state index is 12.5. The van der Waals surface area contributed by atoms with E-state index in [0.717, 1.165) is 45.0 Å². The Bertz CT molecular complexity index is 393. The molecule has 2 rings (SSSR count). The van der Waals surface area contributed by atoms with Gasteiger partial charge in [0.25, 0.3) is 0 Å². The van der Waals surface area contributed by atoms with Crippen LogP contribution in [0.5, 0.6) is 0 Å². The summed E-state index contributed by atoms with van der Waals surface area (Å²) in [6, 6.07) is 2.37. The molecule has 0 aromatic carbocycles. The van der Waals surface area contributed by atoms with Crippen LogP contribution in [0.15, 0.2) is 0 Å². The summed E-state index contributed by atoms with van der Waals surface area (Å²) in [7, 11) is 0. The van der Waals surface area contributed by atoms with E-state index in [2.05, 4.69) is 29.7 Å². The smallest absolute Gasteiger partial charge is 0.236 e. The third-order valence-corrected chi connectivity index (χ3v) is 5.55. The van der Waals surface area contributed by atoms with Crippen LogP contribution in [0.1, 0.15) is 20.3 Å². The molecule has 0 aromatic rings. The second-order valence-electron chi connectivity index (χ2n) is 6.48. The predicted octanol–water partition coefficient (Wildman–Crippen LogP) is 1.12.